The van der Waals surface area contributed by atoms with Gasteiger partial charge in [-0.15, -0.1) is 0 Å². The number of primary amides is 1. The molecule has 2 aromatic rings. The highest BCUT2D eigenvalue weighted by molar-refractivity contribution is 6.30. The minimum Gasteiger partial charge on any atom is -0.494 e. The molecule has 1 heterocycles. The summed E-state index contributed by atoms with van der Waals surface area (Å²) in [6.45, 7) is -0.135. The minimum atomic E-state index is -0.815. The fourth-order valence-electron chi connectivity index (χ4n) is 1.89. The van der Waals surface area contributed by atoms with E-state index < -0.39 is 23.0 Å². The van der Waals surface area contributed by atoms with Gasteiger partial charge in [0, 0.05) is 18.0 Å². The fraction of sp³-hybridized carbons (Fsp3) is 0.154. The number of hydrogen-bond acceptors (Lipinski definition) is 4. The molecule has 7 nitrogen and oxygen atoms in total. The van der Waals surface area contributed by atoms with Crippen molar-refractivity contribution in [3.8, 4) is 17.0 Å². The molecule has 0 saturated carbocycles. The van der Waals surface area contributed by atoms with Crippen LogP contribution in [0.1, 0.15) is 6.42 Å². The van der Waals surface area contributed by atoms with E-state index in [4.69, 9.17) is 17.3 Å². The van der Waals surface area contributed by atoms with Crippen molar-refractivity contribution in [2.24, 2.45) is 5.73 Å². The lowest BCUT2D eigenvalue weighted by molar-refractivity contribution is -0.118. The van der Waals surface area contributed by atoms with Crippen molar-refractivity contribution in [2.45, 2.75) is 13.0 Å². The van der Waals surface area contributed by atoms with Crippen molar-refractivity contribution in [2.75, 3.05) is 0 Å². The van der Waals surface area contributed by atoms with E-state index in [0.29, 0.717) is 10.6 Å². The number of carbonyl (C=O) groups is 1. The molecular formula is C13H12ClN3O4. The first-order chi connectivity index (χ1) is 9.90. The predicted molar refractivity (Wildman–Crippen MR) is 77.2 cm³/mol. The lowest BCUT2D eigenvalue weighted by Gasteiger charge is -2.10. The van der Waals surface area contributed by atoms with Crippen LogP contribution in [0.4, 0.5) is 0 Å². The van der Waals surface area contributed by atoms with Crippen LogP contribution in [0.2, 0.25) is 5.02 Å². The van der Waals surface area contributed by atoms with Crippen molar-refractivity contribution in [1.82, 2.24) is 9.55 Å². The number of rotatable bonds is 4. The molecule has 0 saturated heterocycles. The highest BCUT2D eigenvalue weighted by Gasteiger charge is 2.16. The molecule has 0 atom stereocenters. The summed E-state index contributed by atoms with van der Waals surface area (Å²) in [5.74, 6) is -1.16. The maximum Gasteiger partial charge on any atom is 0.331 e. The second-order valence-electron chi connectivity index (χ2n) is 4.34. The first-order valence-corrected chi connectivity index (χ1v) is 6.38. The number of halogens is 1. The molecule has 1 aromatic heterocycles. The lowest BCUT2D eigenvalue weighted by atomic mass is 10.1. The molecule has 0 fully saturated rings. The molecule has 8 heteroatoms. The maximum absolute atomic E-state index is 11.9. The number of aromatic hydroxyl groups is 1. The van der Waals surface area contributed by atoms with Crippen LogP contribution in [-0.2, 0) is 11.3 Å². The average molecular weight is 310 g/mol. The number of nitrogens with two attached hydrogens (primary N) is 1. The number of hydrogen-bond donors (Lipinski definition) is 3. The average Bonchev–Trinajstić information content (AvgIpc) is 2.37. The molecule has 21 heavy (non-hydrogen) atoms. The zero-order valence-corrected chi connectivity index (χ0v) is 11.6. The van der Waals surface area contributed by atoms with Gasteiger partial charge in [-0.2, -0.15) is 0 Å². The van der Waals surface area contributed by atoms with Gasteiger partial charge < -0.3 is 10.8 Å². The van der Waals surface area contributed by atoms with E-state index in [1.165, 1.54) is 6.07 Å². The van der Waals surface area contributed by atoms with Crippen molar-refractivity contribution in [3.05, 3.63) is 50.1 Å². The van der Waals surface area contributed by atoms with Crippen LogP contribution in [0.5, 0.6) is 5.88 Å². The first kappa shape index (κ1) is 14.9. The molecule has 1 aromatic carbocycles. The van der Waals surface area contributed by atoms with Gasteiger partial charge in [0.05, 0.1) is 0 Å². The standard InChI is InChI=1S/C13H12ClN3O4/c14-8-3-1-2-7(6-8)10-11(19)16-13(21)17(12(10)20)5-4-9(15)18/h1-3,6,20H,4-5H2,(H2,15,18)(H,16,19,21). The molecule has 0 radical (unpaired) electrons. The van der Waals surface area contributed by atoms with Gasteiger partial charge in [-0.3, -0.25) is 19.1 Å². The molecule has 110 valence electrons. The van der Waals surface area contributed by atoms with Crippen molar-refractivity contribution in [3.63, 3.8) is 0 Å². The van der Waals surface area contributed by atoms with E-state index in [-0.39, 0.29) is 18.5 Å². The molecule has 0 aliphatic carbocycles. The molecule has 0 aliphatic heterocycles. The molecule has 0 unspecified atom stereocenters. The normalized spacial score (nSPS) is 10.5. The van der Waals surface area contributed by atoms with Gasteiger partial charge in [0.15, 0.2) is 0 Å². The number of H-pyrrole nitrogens is 1. The summed E-state index contributed by atoms with van der Waals surface area (Å²) in [6, 6.07) is 6.27. The number of nitrogens with one attached hydrogen (secondary N) is 1. The van der Waals surface area contributed by atoms with Crippen LogP contribution in [0.3, 0.4) is 0 Å². The zero-order valence-electron chi connectivity index (χ0n) is 10.8. The van der Waals surface area contributed by atoms with Crippen LogP contribution in [0.25, 0.3) is 11.1 Å². The molecule has 0 aliphatic rings. The highest BCUT2D eigenvalue weighted by Crippen LogP contribution is 2.26. The van der Waals surface area contributed by atoms with E-state index >= 15 is 0 Å². The van der Waals surface area contributed by atoms with Crippen LogP contribution >= 0.6 is 11.6 Å². The lowest BCUT2D eigenvalue weighted by Crippen LogP contribution is -2.32. The monoisotopic (exact) mass is 309 g/mol. The van der Waals surface area contributed by atoms with Gasteiger partial charge in [0.1, 0.15) is 5.56 Å². The third-order valence-corrected chi connectivity index (χ3v) is 3.10. The molecule has 4 N–H and O–H groups in total. The Bertz CT molecular complexity index is 810. The number of nitrogens with zero attached hydrogens (tertiary/aromatic N) is 1. The van der Waals surface area contributed by atoms with Crippen molar-refractivity contribution < 1.29 is 9.90 Å². The zero-order chi connectivity index (χ0) is 15.6. The Morgan fingerprint density at radius 1 is 1.38 bits per heavy atom. The summed E-state index contributed by atoms with van der Waals surface area (Å²) in [5.41, 5.74) is 3.72. The number of aromatic nitrogens is 2. The number of aromatic amines is 1. The molecule has 1 amide bonds. The fourth-order valence-corrected chi connectivity index (χ4v) is 2.08. The molecule has 0 bridgehead atoms. The van der Waals surface area contributed by atoms with Gasteiger partial charge in [-0.1, -0.05) is 23.7 Å². The Balaban J connectivity index is 2.62. The van der Waals surface area contributed by atoms with Crippen molar-refractivity contribution >= 4 is 17.5 Å². The van der Waals surface area contributed by atoms with Gasteiger partial charge in [-0.05, 0) is 17.7 Å². The third kappa shape index (κ3) is 3.14. The SMILES string of the molecule is NC(=O)CCn1c(O)c(-c2cccc(Cl)c2)c(=O)[nH]c1=O. The highest BCUT2D eigenvalue weighted by atomic mass is 35.5. The van der Waals surface area contributed by atoms with Gasteiger partial charge in [-0.25, -0.2) is 4.79 Å². The summed E-state index contributed by atoms with van der Waals surface area (Å²) in [6.07, 6.45) is -0.144. The summed E-state index contributed by atoms with van der Waals surface area (Å²) < 4.78 is 0.877. The Morgan fingerprint density at radius 3 is 2.71 bits per heavy atom. The quantitative estimate of drug-likeness (QED) is 0.759. The Labute approximate surface area is 123 Å². The summed E-state index contributed by atoms with van der Waals surface area (Å²) in [4.78, 5) is 36.5. The predicted octanol–water partition coefficient (Wildman–Crippen LogP) is 0.438. The molecular weight excluding hydrogens is 298 g/mol. The van der Waals surface area contributed by atoms with Crippen LogP contribution in [0.15, 0.2) is 33.9 Å². The largest absolute Gasteiger partial charge is 0.494 e. The number of carbonyl (C=O) groups excluding carboxylic acids is 1. The molecule has 0 spiro atoms. The topological polar surface area (TPSA) is 118 Å². The second-order valence-corrected chi connectivity index (χ2v) is 4.77. The maximum atomic E-state index is 11.9. The van der Waals surface area contributed by atoms with Gasteiger partial charge in [0.2, 0.25) is 11.8 Å². The first-order valence-electron chi connectivity index (χ1n) is 6.00. The van der Waals surface area contributed by atoms with Gasteiger partial charge >= 0.3 is 5.69 Å². The Kier molecular flexibility index (Phi) is 4.13. The Morgan fingerprint density at radius 2 is 2.10 bits per heavy atom. The van der Waals surface area contributed by atoms with Crippen LogP contribution in [0, 0.1) is 0 Å². The van der Waals surface area contributed by atoms with E-state index in [1.807, 2.05) is 0 Å². The third-order valence-electron chi connectivity index (χ3n) is 2.87. The van der Waals surface area contributed by atoms with E-state index in [9.17, 15) is 19.5 Å². The summed E-state index contributed by atoms with van der Waals surface area (Å²) in [5, 5.41) is 10.5. The number of benzene rings is 1. The van der Waals surface area contributed by atoms with Crippen molar-refractivity contribution in [1.29, 1.82) is 0 Å². The van der Waals surface area contributed by atoms with E-state index in [2.05, 4.69) is 4.98 Å². The molecule has 2 rings (SSSR count). The van der Waals surface area contributed by atoms with E-state index in [1.54, 1.807) is 18.2 Å². The summed E-state index contributed by atoms with van der Waals surface area (Å²) >= 11 is 5.85. The smallest absolute Gasteiger partial charge is 0.331 e. The number of amides is 1. The Hall–Kier alpha value is -2.54. The van der Waals surface area contributed by atoms with Crippen LogP contribution < -0.4 is 17.0 Å². The second kappa shape index (κ2) is 5.84. The van der Waals surface area contributed by atoms with Crippen LogP contribution in [-0.4, -0.2) is 20.6 Å². The van der Waals surface area contributed by atoms with Gasteiger partial charge in [0.25, 0.3) is 5.56 Å². The summed E-state index contributed by atoms with van der Waals surface area (Å²) in [7, 11) is 0. The minimum absolute atomic E-state index is 0.0958. The van der Waals surface area contributed by atoms with E-state index in [0.717, 1.165) is 4.57 Å².